The van der Waals surface area contributed by atoms with Crippen LogP contribution in [0.5, 0.6) is 0 Å². The van der Waals surface area contributed by atoms with E-state index < -0.39 is 11.6 Å². The Balaban J connectivity index is 1.42. The highest BCUT2D eigenvalue weighted by atomic mass is 16.6. The molecular formula is C25H33N4O4+. The summed E-state index contributed by atoms with van der Waals surface area (Å²) >= 11 is 0. The Morgan fingerprint density at radius 3 is 2.61 bits per heavy atom. The number of likely N-dealkylation sites (N-methyl/N-ethyl adjacent to an activating group) is 1. The molecule has 1 aromatic heterocycles. The van der Waals surface area contributed by atoms with E-state index in [-0.39, 0.29) is 31.0 Å². The number of hydrogen-bond donors (Lipinski definition) is 2. The average molecular weight is 454 g/mol. The normalized spacial score (nSPS) is 24.8. The zero-order chi connectivity index (χ0) is 23.3. The number of likely N-dealkylation sites (tertiary alicyclic amines) is 1. The van der Waals surface area contributed by atoms with E-state index in [9.17, 15) is 14.7 Å². The maximum Gasteiger partial charge on any atom is 0.343 e. The number of benzene rings is 1. The topological polar surface area (TPSA) is 101 Å². The summed E-state index contributed by atoms with van der Waals surface area (Å²) < 4.78 is 6.27. The summed E-state index contributed by atoms with van der Waals surface area (Å²) in [6, 6.07) is 9.13. The van der Waals surface area contributed by atoms with Crippen LogP contribution >= 0.6 is 0 Å². The molecule has 3 atom stereocenters. The summed E-state index contributed by atoms with van der Waals surface area (Å²) in [5.41, 5.74) is -1.04. The van der Waals surface area contributed by atoms with Crippen molar-refractivity contribution in [2.24, 2.45) is 5.92 Å². The smallest absolute Gasteiger partial charge is 0.343 e. The molecule has 2 fully saturated rings. The molecule has 2 aromatic rings. The van der Waals surface area contributed by atoms with Crippen molar-refractivity contribution in [1.82, 2.24) is 9.97 Å². The molecule has 0 bridgehead atoms. The minimum absolute atomic E-state index is 0.00911. The van der Waals surface area contributed by atoms with Gasteiger partial charge in [-0.05, 0) is 18.4 Å². The maximum absolute atomic E-state index is 13.3. The van der Waals surface area contributed by atoms with E-state index in [1.807, 2.05) is 25.2 Å². The largest absolute Gasteiger partial charge is 0.457 e. The molecule has 176 valence electrons. The lowest BCUT2D eigenvalue weighted by Gasteiger charge is -2.36. The molecule has 2 N–H and O–H groups in total. The Bertz CT molecular complexity index is 951. The van der Waals surface area contributed by atoms with Crippen LogP contribution < -0.4 is 5.32 Å². The van der Waals surface area contributed by atoms with E-state index in [2.05, 4.69) is 15.3 Å². The molecule has 1 saturated heterocycles. The highest BCUT2D eigenvalue weighted by Crippen LogP contribution is 2.41. The molecule has 33 heavy (non-hydrogen) atoms. The molecule has 1 aliphatic carbocycles. The van der Waals surface area contributed by atoms with E-state index in [4.69, 9.17) is 4.74 Å². The Morgan fingerprint density at radius 2 is 1.91 bits per heavy atom. The number of esters is 1. The van der Waals surface area contributed by atoms with Crippen LogP contribution in [0.4, 0.5) is 5.82 Å². The Hall–Kier alpha value is -2.84. The van der Waals surface area contributed by atoms with Crippen LogP contribution in [0.3, 0.4) is 0 Å². The van der Waals surface area contributed by atoms with Crippen molar-refractivity contribution >= 4 is 17.7 Å². The number of nitrogens with one attached hydrogen (secondary N) is 1. The van der Waals surface area contributed by atoms with Gasteiger partial charge < -0.3 is 19.6 Å². The molecule has 8 nitrogen and oxygen atoms in total. The van der Waals surface area contributed by atoms with Crippen LogP contribution in [-0.4, -0.2) is 64.2 Å². The zero-order valence-corrected chi connectivity index (χ0v) is 19.2. The molecule has 8 heteroatoms. The standard InChI is InChI=1S/C25H32N4O4/c1-29(17-23(30)28-22-16-26-13-14-27-22)15-7-12-21(29)18-33-24(31)25(32,20-10-5-6-11-20)19-8-3-2-4-9-19/h2-4,8-9,13-14,16,20-21,32H,5-7,10-12,15,17-18H2,1H3/p+1/t21?,25-,29?/m0/s1. The van der Waals surface area contributed by atoms with Crippen LogP contribution in [0, 0.1) is 5.92 Å². The molecule has 0 radical (unpaired) electrons. The Morgan fingerprint density at radius 1 is 1.15 bits per heavy atom. The van der Waals surface area contributed by atoms with Crippen molar-refractivity contribution in [3.05, 3.63) is 54.5 Å². The van der Waals surface area contributed by atoms with Gasteiger partial charge in [-0.3, -0.25) is 9.78 Å². The van der Waals surface area contributed by atoms with Gasteiger partial charge in [-0.15, -0.1) is 0 Å². The van der Waals surface area contributed by atoms with Gasteiger partial charge in [0, 0.05) is 31.2 Å². The molecule has 1 aliphatic heterocycles. The van der Waals surface area contributed by atoms with Crippen LogP contribution in [0.2, 0.25) is 0 Å². The fourth-order valence-corrected chi connectivity index (χ4v) is 5.37. The highest BCUT2D eigenvalue weighted by molar-refractivity contribution is 5.90. The third-order valence-electron chi connectivity index (χ3n) is 7.30. The minimum Gasteiger partial charge on any atom is -0.457 e. The summed E-state index contributed by atoms with van der Waals surface area (Å²) in [6.07, 6.45) is 10.0. The van der Waals surface area contributed by atoms with Crippen LogP contribution in [0.15, 0.2) is 48.9 Å². The summed E-state index contributed by atoms with van der Waals surface area (Å²) in [4.78, 5) is 34.0. The summed E-state index contributed by atoms with van der Waals surface area (Å²) in [5, 5.41) is 14.4. The third kappa shape index (κ3) is 5.07. The number of aromatic nitrogens is 2. The molecule has 1 saturated carbocycles. The average Bonchev–Trinajstić information content (AvgIpc) is 3.48. The summed E-state index contributed by atoms with van der Waals surface area (Å²) in [5.74, 6) is -0.457. The first-order chi connectivity index (χ1) is 15.9. The van der Waals surface area contributed by atoms with Gasteiger partial charge in [0.15, 0.2) is 18.0 Å². The molecule has 2 aliphatic rings. The van der Waals surface area contributed by atoms with Crippen molar-refractivity contribution in [3.63, 3.8) is 0 Å². The van der Waals surface area contributed by atoms with Gasteiger partial charge in [0.05, 0.1) is 19.8 Å². The number of amides is 1. The molecular weight excluding hydrogens is 420 g/mol. The lowest BCUT2D eigenvalue weighted by Crippen LogP contribution is -2.54. The monoisotopic (exact) mass is 453 g/mol. The van der Waals surface area contributed by atoms with Crippen LogP contribution in [0.1, 0.15) is 44.1 Å². The summed E-state index contributed by atoms with van der Waals surface area (Å²) in [7, 11) is 2.02. The van der Waals surface area contributed by atoms with Gasteiger partial charge in [0.2, 0.25) is 0 Å². The van der Waals surface area contributed by atoms with Crippen molar-refractivity contribution in [3.8, 4) is 0 Å². The number of aliphatic hydroxyl groups is 1. The van der Waals surface area contributed by atoms with E-state index in [0.717, 1.165) is 45.1 Å². The fourth-order valence-electron chi connectivity index (χ4n) is 5.37. The predicted molar refractivity (Wildman–Crippen MR) is 123 cm³/mol. The number of rotatable bonds is 8. The first kappa shape index (κ1) is 23.3. The first-order valence-corrected chi connectivity index (χ1v) is 11.8. The van der Waals surface area contributed by atoms with E-state index in [1.54, 1.807) is 18.3 Å². The molecule has 4 rings (SSSR count). The lowest BCUT2D eigenvalue weighted by atomic mass is 9.80. The van der Waals surface area contributed by atoms with E-state index in [0.29, 0.717) is 15.9 Å². The quantitative estimate of drug-likeness (QED) is 0.471. The van der Waals surface area contributed by atoms with Gasteiger partial charge in [-0.1, -0.05) is 43.2 Å². The highest BCUT2D eigenvalue weighted by Gasteiger charge is 2.49. The number of hydrogen-bond acceptors (Lipinski definition) is 6. The minimum atomic E-state index is -1.64. The Kier molecular flexibility index (Phi) is 7.05. The number of nitrogens with zero attached hydrogens (tertiary/aromatic N) is 3. The number of carbonyl (C=O) groups is 2. The molecule has 2 unspecified atom stereocenters. The second-order valence-electron chi connectivity index (χ2n) is 9.51. The lowest BCUT2D eigenvalue weighted by molar-refractivity contribution is -0.913. The Labute approximate surface area is 194 Å². The fraction of sp³-hybridized carbons (Fsp3) is 0.520. The van der Waals surface area contributed by atoms with Crippen molar-refractivity contribution in [1.29, 1.82) is 0 Å². The molecule has 1 aromatic carbocycles. The van der Waals surface area contributed by atoms with Gasteiger partial charge in [0.25, 0.3) is 5.91 Å². The molecule has 0 spiro atoms. The number of carbonyl (C=O) groups excluding carboxylic acids is 2. The number of anilines is 1. The number of ether oxygens (including phenoxy) is 1. The van der Waals surface area contributed by atoms with Crippen molar-refractivity contribution in [2.75, 3.05) is 32.1 Å². The van der Waals surface area contributed by atoms with Gasteiger partial charge in [-0.2, -0.15) is 0 Å². The molecule has 1 amide bonds. The predicted octanol–water partition coefficient (Wildman–Crippen LogP) is 2.65. The van der Waals surface area contributed by atoms with Crippen molar-refractivity contribution < 1.29 is 23.9 Å². The van der Waals surface area contributed by atoms with Gasteiger partial charge >= 0.3 is 5.97 Å². The number of quaternary nitrogens is 1. The second-order valence-corrected chi connectivity index (χ2v) is 9.51. The SMILES string of the molecule is C[N+]1(CC(=O)Nc2cnccn2)CCCC1COC(=O)[C@](O)(c1ccccc1)C1CCCC1. The van der Waals surface area contributed by atoms with E-state index in [1.165, 1.54) is 12.4 Å². The maximum atomic E-state index is 13.3. The van der Waals surface area contributed by atoms with Crippen LogP contribution in [-0.2, 0) is 19.9 Å². The first-order valence-electron chi connectivity index (χ1n) is 11.8. The zero-order valence-electron chi connectivity index (χ0n) is 19.2. The van der Waals surface area contributed by atoms with E-state index >= 15 is 0 Å². The second kappa shape index (κ2) is 9.97. The van der Waals surface area contributed by atoms with Crippen LogP contribution in [0.25, 0.3) is 0 Å². The van der Waals surface area contributed by atoms with Gasteiger partial charge in [0.1, 0.15) is 12.6 Å². The molecule has 2 heterocycles. The van der Waals surface area contributed by atoms with Gasteiger partial charge in [-0.25, -0.2) is 9.78 Å². The third-order valence-corrected chi connectivity index (χ3v) is 7.30. The summed E-state index contributed by atoms with van der Waals surface area (Å²) in [6.45, 7) is 1.25. The van der Waals surface area contributed by atoms with Crippen molar-refractivity contribution in [2.45, 2.75) is 50.2 Å².